The van der Waals surface area contributed by atoms with Gasteiger partial charge in [0.1, 0.15) is 5.75 Å². The molecule has 1 aliphatic heterocycles. The van der Waals surface area contributed by atoms with Gasteiger partial charge in [-0.15, -0.1) is 0 Å². The zero-order chi connectivity index (χ0) is 13.3. The smallest absolute Gasteiger partial charge is 0.120 e. The van der Waals surface area contributed by atoms with Gasteiger partial charge in [0.2, 0.25) is 0 Å². The van der Waals surface area contributed by atoms with Crippen LogP contribution >= 0.6 is 0 Å². The Morgan fingerprint density at radius 3 is 2.95 bits per heavy atom. The molecule has 1 aromatic rings. The molecule has 0 spiro atoms. The van der Waals surface area contributed by atoms with Crippen molar-refractivity contribution in [1.29, 1.82) is 0 Å². The highest BCUT2D eigenvalue weighted by Crippen LogP contribution is 2.38. The van der Waals surface area contributed by atoms with E-state index in [1.165, 1.54) is 12.8 Å². The van der Waals surface area contributed by atoms with Crippen molar-refractivity contribution in [2.45, 2.75) is 50.4 Å². The van der Waals surface area contributed by atoms with Crippen LogP contribution in [0.15, 0.2) is 24.3 Å². The minimum Gasteiger partial charge on any atom is -0.490 e. The Labute approximate surface area is 114 Å². The van der Waals surface area contributed by atoms with Crippen LogP contribution in [-0.4, -0.2) is 18.3 Å². The van der Waals surface area contributed by atoms with Crippen LogP contribution in [0.25, 0.3) is 0 Å². The number of hydrogen-bond acceptors (Lipinski definition) is 4. The Balaban J connectivity index is 1.81. The summed E-state index contributed by atoms with van der Waals surface area (Å²) in [5.74, 6) is 6.69. The molecule has 2 fully saturated rings. The number of rotatable bonds is 5. The molecule has 1 saturated heterocycles. The van der Waals surface area contributed by atoms with Gasteiger partial charge >= 0.3 is 0 Å². The molecule has 1 saturated carbocycles. The molecule has 0 radical (unpaired) electrons. The Hall–Kier alpha value is -1.10. The lowest BCUT2D eigenvalue weighted by Crippen LogP contribution is -2.44. The Kier molecular flexibility index (Phi) is 3.48. The lowest BCUT2D eigenvalue weighted by molar-refractivity contribution is -0.0126. The van der Waals surface area contributed by atoms with E-state index < -0.39 is 0 Å². The SMILES string of the molecule is CC1(C(NN)c2cccc(OC3CC3)c2)CCCO1. The van der Waals surface area contributed by atoms with Crippen molar-refractivity contribution in [3.8, 4) is 5.75 Å². The van der Waals surface area contributed by atoms with Gasteiger partial charge in [-0.2, -0.15) is 0 Å². The van der Waals surface area contributed by atoms with Crippen molar-refractivity contribution in [2.75, 3.05) is 6.61 Å². The van der Waals surface area contributed by atoms with E-state index in [1.807, 2.05) is 12.1 Å². The third-order valence-corrected chi connectivity index (χ3v) is 4.05. The molecule has 1 aliphatic carbocycles. The molecule has 4 nitrogen and oxygen atoms in total. The van der Waals surface area contributed by atoms with Crippen molar-refractivity contribution in [3.05, 3.63) is 29.8 Å². The summed E-state index contributed by atoms with van der Waals surface area (Å²) >= 11 is 0. The molecule has 2 atom stereocenters. The van der Waals surface area contributed by atoms with Crippen LogP contribution in [0.4, 0.5) is 0 Å². The minimum absolute atomic E-state index is 0.00208. The molecule has 1 aromatic carbocycles. The molecule has 1 heterocycles. The Morgan fingerprint density at radius 1 is 1.47 bits per heavy atom. The lowest BCUT2D eigenvalue weighted by atomic mass is 9.88. The first-order valence-corrected chi connectivity index (χ1v) is 7.08. The molecule has 0 amide bonds. The van der Waals surface area contributed by atoms with Crippen LogP contribution in [0.2, 0.25) is 0 Å². The number of hydrazine groups is 1. The number of ether oxygens (including phenoxy) is 2. The molecule has 3 rings (SSSR count). The Morgan fingerprint density at radius 2 is 2.32 bits per heavy atom. The summed E-state index contributed by atoms with van der Waals surface area (Å²) in [6.45, 7) is 2.94. The van der Waals surface area contributed by atoms with Crippen LogP contribution in [0.5, 0.6) is 5.75 Å². The minimum atomic E-state index is -0.229. The molecule has 2 unspecified atom stereocenters. The van der Waals surface area contributed by atoms with Gasteiger partial charge in [-0.3, -0.25) is 11.3 Å². The van der Waals surface area contributed by atoms with E-state index in [4.69, 9.17) is 15.3 Å². The van der Waals surface area contributed by atoms with E-state index in [0.717, 1.165) is 30.8 Å². The molecule has 3 N–H and O–H groups in total. The van der Waals surface area contributed by atoms with Gasteiger partial charge in [0.25, 0.3) is 0 Å². The van der Waals surface area contributed by atoms with E-state index in [1.54, 1.807) is 0 Å². The van der Waals surface area contributed by atoms with E-state index in [9.17, 15) is 0 Å². The zero-order valence-corrected chi connectivity index (χ0v) is 11.4. The van der Waals surface area contributed by atoms with E-state index in [0.29, 0.717) is 6.10 Å². The van der Waals surface area contributed by atoms with Gasteiger partial charge in [-0.1, -0.05) is 12.1 Å². The number of benzene rings is 1. The molecular weight excluding hydrogens is 240 g/mol. The molecule has 2 aliphatic rings. The van der Waals surface area contributed by atoms with Gasteiger partial charge in [0, 0.05) is 6.61 Å². The highest BCUT2D eigenvalue weighted by Gasteiger charge is 2.39. The van der Waals surface area contributed by atoms with Crippen molar-refractivity contribution in [3.63, 3.8) is 0 Å². The van der Waals surface area contributed by atoms with Crippen molar-refractivity contribution >= 4 is 0 Å². The third-order valence-electron chi connectivity index (χ3n) is 4.05. The number of hydrogen-bond donors (Lipinski definition) is 2. The van der Waals surface area contributed by atoms with Crippen LogP contribution < -0.4 is 16.0 Å². The second kappa shape index (κ2) is 5.12. The van der Waals surface area contributed by atoms with Crippen LogP contribution in [0.1, 0.15) is 44.2 Å². The van der Waals surface area contributed by atoms with Gasteiger partial charge in [0.05, 0.1) is 17.7 Å². The predicted octanol–water partition coefficient (Wildman–Crippen LogP) is 2.30. The summed E-state index contributed by atoms with van der Waals surface area (Å²) in [5, 5.41) is 0. The molecule has 104 valence electrons. The van der Waals surface area contributed by atoms with E-state index in [-0.39, 0.29) is 11.6 Å². The number of nitrogens with one attached hydrogen (secondary N) is 1. The van der Waals surface area contributed by atoms with Gasteiger partial charge in [-0.05, 0) is 50.3 Å². The van der Waals surface area contributed by atoms with E-state index >= 15 is 0 Å². The number of nitrogens with two attached hydrogens (primary N) is 1. The fourth-order valence-electron chi connectivity index (χ4n) is 2.80. The topological polar surface area (TPSA) is 56.5 Å². The zero-order valence-electron chi connectivity index (χ0n) is 11.4. The van der Waals surface area contributed by atoms with Crippen molar-refractivity contribution < 1.29 is 9.47 Å². The first kappa shape index (κ1) is 12.9. The highest BCUT2D eigenvalue weighted by molar-refractivity contribution is 5.32. The summed E-state index contributed by atoms with van der Waals surface area (Å²) in [7, 11) is 0. The molecule has 0 aromatic heterocycles. The van der Waals surface area contributed by atoms with Crippen LogP contribution in [0, 0.1) is 0 Å². The first-order chi connectivity index (χ1) is 9.21. The summed E-state index contributed by atoms with van der Waals surface area (Å²) in [6, 6.07) is 8.19. The van der Waals surface area contributed by atoms with Gasteiger partial charge in [0.15, 0.2) is 0 Å². The third kappa shape index (κ3) is 2.76. The second-order valence-electron chi connectivity index (χ2n) is 5.75. The fraction of sp³-hybridized carbons (Fsp3) is 0.600. The maximum Gasteiger partial charge on any atom is 0.120 e. The summed E-state index contributed by atoms with van der Waals surface area (Å²) < 4.78 is 11.7. The summed E-state index contributed by atoms with van der Waals surface area (Å²) in [6.07, 6.45) is 4.87. The lowest BCUT2D eigenvalue weighted by Gasteiger charge is -2.33. The monoisotopic (exact) mass is 262 g/mol. The molecular formula is C15H22N2O2. The molecule has 19 heavy (non-hydrogen) atoms. The first-order valence-electron chi connectivity index (χ1n) is 7.08. The summed E-state index contributed by atoms with van der Waals surface area (Å²) in [4.78, 5) is 0. The standard InChI is InChI=1S/C15H22N2O2/c1-15(8-3-9-18-15)14(17-16)11-4-2-5-13(10-11)19-12-6-7-12/h2,4-5,10,12,14,17H,3,6-9,16H2,1H3. The quantitative estimate of drug-likeness (QED) is 0.631. The van der Waals surface area contributed by atoms with Crippen molar-refractivity contribution in [1.82, 2.24) is 5.43 Å². The van der Waals surface area contributed by atoms with E-state index in [2.05, 4.69) is 24.5 Å². The largest absolute Gasteiger partial charge is 0.490 e. The maximum atomic E-state index is 5.90. The van der Waals surface area contributed by atoms with Crippen LogP contribution in [-0.2, 0) is 4.74 Å². The average Bonchev–Trinajstić information content (AvgIpc) is 3.10. The van der Waals surface area contributed by atoms with Gasteiger partial charge in [-0.25, -0.2) is 0 Å². The maximum absolute atomic E-state index is 5.90. The average molecular weight is 262 g/mol. The molecule has 4 heteroatoms. The highest BCUT2D eigenvalue weighted by atomic mass is 16.5. The second-order valence-corrected chi connectivity index (χ2v) is 5.75. The molecule has 0 bridgehead atoms. The van der Waals surface area contributed by atoms with Gasteiger partial charge < -0.3 is 9.47 Å². The predicted molar refractivity (Wildman–Crippen MR) is 73.7 cm³/mol. The normalized spacial score (nSPS) is 28.3. The van der Waals surface area contributed by atoms with Crippen LogP contribution in [0.3, 0.4) is 0 Å². The summed E-state index contributed by atoms with van der Waals surface area (Å²) in [5.41, 5.74) is 3.82. The van der Waals surface area contributed by atoms with Crippen molar-refractivity contribution in [2.24, 2.45) is 5.84 Å². The fourth-order valence-corrected chi connectivity index (χ4v) is 2.80. The Bertz CT molecular complexity index is 440.